The van der Waals surface area contributed by atoms with Gasteiger partial charge in [-0.15, -0.1) is 0 Å². The average Bonchev–Trinajstić information content (AvgIpc) is 2.28. The highest BCUT2D eigenvalue weighted by molar-refractivity contribution is 7.18. The predicted octanol–water partition coefficient (Wildman–Crippen LogP) is -0.0321. The van der Waals surface area contributed by atoms with Gasteiger partial charge in [0.05, 0.1) is 12.2 Å². The average molecular weight is 275 g/mol. The molecule has 7 nitrogen and oxygen atoms in total. The number of nitrogens with zero attached hydrogens (tertiary/aromatic N) is 1. The molecule has 0 spiro atoms. The Hall–Kier alpha value is -1.14. The highest BCUT2D eigenvalue weighted by Crippen LogP contribution is 2.17. The molecule has 0 fully saturated rings. The van der Waals surface area contributed by atoms with Crippen molar-refractivity contribution in [3.8, 4) is 0 Å². The Morgan fingerprint density at radius 3 is 2.56 bits per heavy atom. The van der Waals surface area contributed by atoms with Crippen LogP contribution in [0.4, 0.5) is 0 Å². The highest BCUT2D eigenvalue weighted by Gasteiger charge is 2.20. The second-order valence-corrected chi connectivity index (χ2v) is 4.64. The van der Waals surface area contributed by atoms with Gasteiger partial charge in [-0.1, -0.05) is 16.2 Å². The second kappa shape index (κ2) is 7.33. The molecule has 0 rings (SSSR count). The number of aliphatic hydroxyl groups excluding tert-OH is 1. The third-order valence-corrected chi connectivity index (χ3v) is 2.50. The Morgan fingerprint density at radius 1 is 1.61 bits per heavy atom. The second-order valence-electron chi connectivity index (χ2n) is 3.74. The molecule has 104 valence electrons. The third kappa shape index (κ3) is 5.46. The molecule has 0 aliphatic heterocycles. The zero-order valence-electron chi connectivity index (χ0n) is 10.7. The number of nitrogens with two attached hydrogens (primary N) is 3. The molecule has 0 aromatic carbocycles. The summed E-state index contributed by atoms with van der Waals surface area (Å²) in [6, 6.07) is 0. The van der Waals surface area contributed by atoms with Gasteiger partial charge in [0.15, 0.2) is 5.47 Å². The van der Waals surface area contributed by atoms with Crippen molar-refractivity contribution in [3.63, 3.8) is 0 Å². The summed E-state index contributed by atoms with van der Waals surface area (Å²) in [5, 5.41) is 18.6. The number of nitrogens with one attached hydrogen (secondary N) is 1. The van der Waals surface area contributed by atoms with Crippen LogP contribution in [0.3, 0.4) is 0 Å². The summed E-state index contributed by atoms with van der Waals surface area (Å²) < 4.78 is 5.36. The van der Waals surface area contributed by atoms with E-state index in [0.717, 1.165) is 5.01 Å². The molecular weight excluding hydrogens is 253 g/mol. The van der Waals surface area contributed by atoms with Crippen LogP contribution in [0.25, 0.3) is 0 Å². The van der Waals surface area contributed by atoms with Crippen molar-refractivity contribution in [2.45, 2.75) is 18.8 Å². The van der Waals surface area contributed by atoms with Gasteiger partial charge in [0, 0.05) is 13.5 Å². The molecule has 0 aromatic heterocycles. The maximum atomic E-state index is 9.75. The fourth-order valence-electron chi connectivity index (χ4n) is 1.11. The molecule has 0 heterocycles. The Balaban J connectivity index is 4.91. The first-order valence-corrected chi connectivity index (χ1v) is 5.92. The standard InChI is InChI=1S/C10H22N5O2P/c1-3-8(16)7(9(12)15(2)14)6-17-10(13,18)4-5-11/h4-5,12,16H,3,6,11,13-14,18H2,1-2H3/b5-4-,8-7-,12-9?/t10-/m1/s1. The number of likely N-dealkylation sites (N-methyl/N-ethyl adjacent to an activating group) is 1. The summed E-state index contributed by atoms with van der Waals surface area (Å²) in [6.45, 7) is 1.71. The fourth-order valence-corrected chi connectivity index (χ4v) is 1.30. The lowest BCUT2D eigenvalue weighted by atomic mass is 10.2. The number of rotatable bonds is 6. The fraction of sp³-hybridized carbons (Fsp3) is 0.500. The molecule has 0 bridgehead atoms. The van der Waals surface area contributed by atoms with Crippen LogP contribution < -0.4 is 17.3 Å². The van der Waals surface area contributed by atoms with Gasteiger partial charge in [0.25, 0.3) is 0 Å². The lowest BCUT2D eigenvalue weighted by Crippen LogP contribution is -2.39. The summed E-state index contributed by atoms with van der Waals surface area (Å²) in [7, 11) is 3.78. The van der Waals surface area contributed by atoms with Crippen molar-refractivity contribution < 1.29 is 9.84 Å². The number of aliphatic hydroxyl groups is 1. The van der Waals surface area contributed by atoms with Crippen LogP contribution in [-0.2, 0) is 4.74 Å². The van der Waals surface area contributed by atoms with E-state index in [-0.39, 0.29) is 23.8 Å². The Labute approximate surface area is 109 Å². The molecule has 0 saturated heterocycles. The number of ether oxygens (including phenoxy) is 1. The van der Waals surface area contributed by atoms with Gasteiger partial charge in [-0.25, -0.2) is 5.84 Å². The van der Waals surface area contributed by atoms with Gasteiger partial charge in [-0.2, -0.15) is 0 Å². The summed E-state index contributed by atoms with van der Waals surface area (Å²) in [4.78, 5) is 0. The predicted molar refractivity (Wildman–Crippen MR) is 75.5 cm³/mol. The van der Waals surface area contributed by atoms with Crippen LogP contribution >= 0.6 is 9.24 Å². The first-order chi connectivity index (χ1) is 8.25. The van der Waals surface area contributed by atoms with Crippen LogP contribution in [0.2, 0.25) is 0 Å². The molecule has 0 aromatic rings. The molecule has 1 unspecified atom stereocenters. The number of hydrogen-bond donors (Lipinski definition) is 5. The first-order valence-electron chi connectivity index (χ1n) is 5.34. The summed E-state index contributed by atoms with van der Waals surface area (Å²) >= 11 is 0. The van der Waals surface area contributed by atoms with Gasteiger partial charge in [-0.3, -0.25) is 16.2 Å². The van der Waals surface area contributed by atoms with E-state index in [0.29, 0.717) is 6.42 Å². The maximum absolute atomic E-state index is 9.75. The normalized spacial score (nSPS) is 16.3. The molecule has 0 saturated carbocycles. The third-order valence-electron chi connectivity index (χ3n) is 2.15. The Kier molecular flexibility index (Phi) is 6.86. The van der Waals surface area contributed by atoms with Crippen molar-refractivity contribution in [1.82, 2.24) is 5.01 Å². The van der Waals surface area contributed by atoms with Gasteiger partial charge in [-0.05, 0) is 12.3 Å². The van der Waals surface area contributed by atoms with E-state index in [4.69, 9.17) is 27.5 Å². The largest absolute Gasteiger partial charge is 0.512 e. The molecule has 18 heavy (non-hydrogen) atoms. The topological polar surface area (TPSA) is 135 Å². The van der Waals surface area contributed by atoms with Crippen molar-refractivity contribution in [1.29, 1.82) is 5.41 Å². The van der Waals surface area contributed by atoms with Gasteiger partial charge < -0.3 is 15.6 Å². The number of hydrogen-bond acceptors (Lipinski definition) is 6. The quantitative estimate of drug-likeness (QED) is 0.0878. The minimum absolute atomic E-state index is 0.0353. The molecule has 8 N–H and O–H groups in total. The van der Waals surface area contributed by atoms with Crippen LogP contribution in [-0.4, -0.2) is 35.1 Å². The Morgan fingerprint density at radius 2 is 2.17 bits per heavy atom. The number of amidine groups is 1. The zero-order chi connectivity index (χ0) is 14.3. The minimum Gasteiger partial charge on any atom is -0.512 e. The van der Waals surface area contributed by atoms with E-state index >= 15 is 0 Å². The van der Waals surface area contributed by atoms with Crippen molar-refractivity contribution in [3.05, 3.63) is 23.6 Å². The number of hydrazine groups is 1. The molecule has 0 radical (unpaired) electrons. The van der Waals surface area contributed by atoms with Gasteiger partial charge in [0.1, 0.15) is 11.6 Å². The van der Waals surface area contributed by atoms with Crippen LogP contribution in [0.1, 0.15) is 13.3 Å². The minimum atomic E-state index is -1.15. The molecule has 8 heteroatoms. The van der Waals surface area contributed by atoms with Crippen molar-refractivity contribution in [2.24, 2.45) is 17.3 Å². The van der Waals surface area contributed by atoms with Crippen LogP contribution in [0, 0.1) is 5.41 Å². The van der Waals surface area contributed by atoms with Crippen molar-refractivity contribution in [2.75, 3.05) is 13.7 Å². The summed E-state index contributed by atoms with van der Waals surface area (Å²) in [5.41, 5.74) is 10.1. The Bertz CT molecular complexity index is 352. The van der Waals surface area contributed by atoms with E-state index in [1.54, 1.807) is 6.92 Å². The lowest BCUT2D eigenvalue weighted by molar-refractivity contribution is 0.0806. The van der Waals surface area contributed by atoms with Crippen LogP contribution in [0.15, 0.2) is 23.6 Å². The summed E-state index contributed by atoms with van der Waals surface area (Å²) in [5.74, 6) is 5.47. The summed E-state index contributed by atoms with van der Waals surface area (Å²) in [6.07, 6.45) is 3.07. The van der Waals surface area contributed by atoms with E-state index in [1.807, 2.05) is 0 Å². The maximum Gasteiger partial charge on any atom is 0.150 e. The lowest BCUT2D eigenvalue weighted by Gasteiger charge is -2.24. The van der Waals surface area contributed by atoms with Gasteiger partial charge >= 0.3 is 0 Å². The smallest absolute Gasteiger partial charge is 0.150 e. The van der Waals surface area contributed by atoms with E-state index < -0.39 is 5.47 Å². The van der Waals surface area contributed by atoms with E-state index in [9.17, 15) is 5.11 Å². The van der Waals surface area contributed by atoms with E-state index in [1.165, 1.54) is 19.3 Å². The first kappa shape index (κ1) is 16.9. The molecule has 0 amide bonds. The van der Waals surface area contributed by atoms with Gasteiger partial charge in [0.2, 0.25) is 0 Å². The highest BCUT2D eigenvalue weighted by atomic mass is 31.0. The molecule has 2 atom stereocenters. The number of allylic oxidation sites excluding steroid dienone is 1. The monoisotopic (exact) mass is 275 g/mol. The molecular formula is C10H22N5O2P. The van der Waals surface area contributed by atoms with Crippen LogP contribution in [0.5, 0.6) is 0 Å². The molecule has 0 aliphatic rings. The van der Waals surface area contributed by atoms with Crippen molar-refractivity contribution >= 4 is 15.1 Å². The molecule has 0 aliphatic carbocycles. The van der Waals surface area contributed by atoms with E-state index in [2.05, 4.69) is 9.24 Å². The zero-order valence-corrected chi connectivity index (χ0v) is 11.8. The SMILES string of the molecule is CC/C(O)=C(\CO[C@@](N)(P)/C=C\N)C(=N)N(C)N.